The molecule has 0 saturated heterocycles. The average molecular weight is 422 g/mol. The van der Waals surface area contributed by atoms with Crippen LogP contribution in [0, 0.1) is 3.57 Å². The number of nitrogens with one attached hydrogen (secondary N) is 1. The van der Waals surface area contributed by atoms with Crippen LogP contribution in [-0.2, 0) is 9.47 Å². The summed E-state index contributed by atoms with van der Waals surface area (Å²) in [7, 11) is 0. The number of aromatic hydroxyl groups is 1. The van der Waals surface area contributed by atoms with Gasteiger partial charge in [-0.15, -0.1) is 0 Å². The summed E-state index contributed by atoms with van der Waals surface area (Å²) in [6.45, 7) is 6.72. The minimum absolute atomic E-state index is 0.0956. The highest BCUT2D eigenvalue weighted by atomic mass is 127. The van der Waals surface area contributed by atoms with Gasteiger partial charge in [-0.1, -0.05) is 0 Å². The first-order valence-corrected chi connectivity index (χ1v) is 7.75. The summed E-state index contributed by atoms with van der Waals surface area (Å²) in [5.74, 6) is -0.175. The average Bonchev–Trinajstić information content (AvgIpc) is 2.37. The topological polar surface area (TPSA) is 88.1 Å². The van der Waals surface area contributed by atoms with Crippen LogP contribution in [0.2, 0.25) is 0 Å². The minimum atomic E-state index is -0.826. The smallest absolute Gasteiger partial charge is 0.433 e. The second kappa shape index (κ2) is 8.06. The third-order valence-corrected chi connectivity index (χ3v) is 2.91. The molecule has 22 heavy (non-hydrogen) atoms. The van der Waals surface area contributed by atoms with Gasteiger partial charge in [0.25, 0.3) is 0 Å². The van der Waals surface area contributed by atoms with E-state index in [1.807, 2.05) is 22.6 Å². The zero-order valence-corrected chi connectivity index (χ0v) is 14.9. The molecule has 7 nitrogen and oxygen atoms in total. The number of hydrogen-bond acceptors (Lipinski definition) is 5. The lowest BCUT2D eigenvalue weighted by Crippen LogP contribution is -2.48. The Bertz CT molecular complexity index is 548. The first-order valence-electron chi connectivity index (χ1n) is 6.67. The van der Waals surface area contributed by atoms with Crippen LogP contribution in [0.25, 0.3) is 0 Å². The van der Waals surface area contributed by atoms with Gasteiger partial charge in [0.2, 0.25) is 0 Å². The predicted octanol–water partition coefficient (Wildman–Crippen LogP) is 3.40. The summed E-state index contributed by atoms with van der Waals surface area (Å²) in [4.78, 5) is 23.9. The second-order valence-corrected chi connectivity index (χ2v) is 6.21. The van der Waals surface area contributed by atoms with Crippen LogP contribution in [0.1, 0.15) is 27.7 Å². The normalized spacial score (nSPS) is 10.5. The monoisotopic (exact) mass is 422 g/mol. The van der Waals surface area contributed by atoms with Gasteiger partial charge in [0.15, 0.2) is 0 Å². The Morgan fingerprint density at radius 1 is 1.18 bits per heavy atom. The molecule has 2 amide bonds. The molecule has 0 heterocycles. The van der Waals surface area contributed by atoms with E-state index in [0.717, 1.165) is 8.58 Å². The molecule has 8 heteroatoms. The van der Waals surface area contributed by atoms with Gasteiger partial charge in [-0.05, 0) is 68.5 Å². The minimum Gasteiger partial charge on any atom is -0.506 e. The molecule has 0 bridgehead atoms. The molecule has 0 aliphatic carbocycles. The molecule has 0 saturated carbocycles. The lowest BCUT2D eigenvalue weighted by Gasteiger charge is -2.24. The Kier molecular flexibility index (Phi) is 6.72. The van der Waals surface area contributed by atoms with E-state index in [0.29, 0.717) is 0 Å². The number of rotatable bonds is 3. The Morgan fingerprint density at radius 2 is 1.77 bits per heavy atom. The number of carbonyl (C=O) groups is 2. The number of nitrogens with zero attached hydrogens (tertiary/aromatic N) is 1. The maximum absolute atomic E-state index is 12.2. The third kappa shape index (κ3) is 5.58. The van der Waals surface area contributed by atoms with Crippen molar-refractivity contribution < 1.29 is 24.2 Å². The molecule has 0 radical (unpaired) electrons. The van der Waals surface area contributed by atoms with Crippen LogP contribution in [0.15, 0.2) is 18.2 Å². The molecule has 0 unspecified atom stereocenters. The van der Waals surface area contributed by atoms with Crippen LogP contribution < -0.4 is 10.4 Å². The van der Waals surface area contributed by atoms with Gasteiger partial charge in [-0.3, -0.25) is 0 Å². The van der Waals surface area contributed by atoms with Gasteiger partial charge in [0.05, 0.1) is 12.2 Å². The van der Waals surface area contributed by atoms with Crippen LogP contribution in [0.5, 0.6) is 5.75 Å². The van der Waals surface area contributed by atoms with Crippen molar-refractivity contribution in [2.24, 2.45) is 0 Å². The first kappa shape index (κ1) is 18.3. The number of phenols is 1. The number of carbonyl (C=O) groups excluding carboxylic acids is 2. The van der Waals surface area contributed by atoms with E-state index >= 15 is 0 Å². The van der Waals surface area contributed by atoms with Crippen molar-refractivity contribution in [1.29, 1.82) is 0 Å². The molecule has 0 spiro atoms. The van der Waals surface area contributed by atoms with Crippen molar-refractivity contribution in [2.45, 2.75) is 39.9 Å². The first-order chi connectivity index (χ1) is 10.2. The molecule has 122 valence electrons. The molecule has 1 aromatic carbocycles. The summed E-state index contributed by atoms with van der Waals surface area (Å²) in [5.41, 5.74) is 2.37. The fraction of sp³-hybridized carbons (Fsp3) is 0.429. The number of phenolic OH excluding ortho intramolecular Hbond substituents is 1. The quantitative estimate of drug-likeness (QED) is 0.576. The maximum Gasteiger partial charge on any atom is 0.433 e. The van der Waals surface area contributed by atoms with E-state index in [2.05, 4.69) is 5.43 Å². The molecule has 0 aliphatic rings. The molecule has 0 aromatic heterocycles. The predicted molar refractivity (Wildman–Crippen MR) is 89.7 cm³/mol. The van der Waals surface area contributed by atoms with E-state index in [1.54, 1.807) is 33.8 Å². The molecule has 1 rings (SSSR count). The summed E-state index contributed by atoms with van der Waals surface area (Å²) in [6.07, 6.45) is -2.39. The highest BCUT2D eigenvalue weighted by Gasteiger charge is 2.25. The summed E-state index contributed by atoms with van der Waals surface area (Å²) >= 11 is 2.02. The SMILES string of the molecule is CC(C)OC(=O)NN(C(=O)OC(C)C)c1cc(I)ccc1O. The van der Waals surface area contributed by atoms with Crippen LogP contribution in [-0.4, -0.2) is 29.5 Å². The van der Waals surface area contributed by atoms with Gasteiger partial charge < -0.3 is 14.6 Å². The van der Waals surface area contributed by atoms with Crippen LogP contribution in [0.4, 0.5) is 15.3 Å². The molecule has 0 atom stereocenters. The lowest BCUT2D eigenvalue weighted by atomic mass is 10.3. The van der Waals surface area contributed by atoms with Gasteiger partial charge in [0.1, 0.15) is 11.4 Å². The molecule has 2 N–H and O–H groups in total. The van der Waals surface area contributed by atoms with Gasteiger partial charge in [-0.25, -0.2) is 15.0 Å². The highest BCUT2D eigenvalue weighted by Crippen LogP contribution is 2.28. The number of ether oxygens (including phenoxy) is 2. The van der Waals surface area contributed by atoms with Crippen molar-refractivity contribution in [2.75, 3.05) is 5.01 Å². The molecule has 1 aromatic rings. The van der Waals surface area contributed by atoms with E-state index in [-0.39, 0.29) is 23.6 Å². The number of amides is 2. The number of hydrazine groups is 1. The highest BCUT2D eigenvalue weighted by molar-refractivity contribution is 14.1. The second-order valence-electron chi connectivity index (χ2n) is 4.97. The Morgan fingerprint density at radius 3 is 2.32 bits per heavy atom. The van der Waals surface area contributed by atoms with Gasteiger partial charge in [0, 0.05) is 3.57 Å². The zero-order chi connectivity index (χ0) is 16.9. The van der Waals surface area contributed by atoms with Gasteiger partial charge in [-0.2, -0.15) is 5.01 Å². The fourth-order valence-electron chi connectivity index (χ4n) is 1.47. The van der Waals surface area contributed by atoms with E-state index in [4.69, 9.17) is 9.47 Å². The van der Waals surface area contributed by atoms with E-state index in [1.165, 1.54) is 12.1 Å². The zero-order valence-electron chi connectivity index (χ0n) is 12.8. The number of anilines is 1. The number of hydrogen-bond donors (Lipinski definition) is 2. The summed E-state index contributed by atoms with van der Waals surface area (Å²) in [5, 5.41) is 10.8. The number of halogens is 1. The van der Waals surface area contributed by atoms with Crippen LogP contribution in [0.3, 0.4) is 0 Å². The van der Waals surface area contributed by atoms with E-state index < -0.39 is 12.2 Å². The summed E-state index contributed by atoms with van der Waals surface area (Å²) < 4.78 is 10.8. The molecule has 0 fully saturated rings. The van der Waals surface area contributed by atoms with Crippen molar-refractivity contribution in [3.05, 3.63) is 21.8 Å². The van der Waals surface area contributed by atoms with Crippen molar-refractivity contribution in [1.82, 2.24) is 5.43 Å². The lowest BCUT2D eigenvalue weighted by molar-refractivity contribution is 0.103. The third-order valence-electron chi connectivity index (χ3n) is 2.24. The molecule has 0 aliphatic heterocycles. The maximum atomic E-state index is 12.2. The Hall–Kier alpha value is -1.71. The standard InChI is InChI=1S/C14H19IN2O5/c1-8(2)21-13(19)16-17(14(20)22-9(3)4)11-7-10(15)5-6-12(11)18/h5-9,18H,1-4H3,(H,16,19). The van der Waals surface area contributed by atoms with Crippen molar-refractivity contribution in [3.63, 3.8) is 0 Å². The van der Waals surface area contributed by atoms with Gasteiger partial charge >= 0.3 is 12.2 Å². The largest absolute Gasteiger partial charge is 0.506 e. The fourth-order valence-corrected chi connectivity index (χ4v) is 1.94. The Balaban J connectivity index is 3.07. The molecular weight excluding hydrogens is 403 g/mol. The van der Waals surface area contributed by atoms with Crippen molar-refractivity contribution >= 4 is 40.5 Å². The number of benzene rings is 1. The van der Waals surface area contributed by atoms with Crippen molar-refractivity contribution in [3.8, 4) is 5.75 Å². The van der Waals surface area contributed by atoms with E-state index in [9.17, 15) is 14.7 Å². The Labute approximate surface area is 142 Å². The molecular formula is C14H19IN2O5. The van der Waals surface area contributed by atoms with Crippen LogP contribution >= 0.6 is 22.6 Å². The summed E-state index contributed by atoms with van der Waals surface area (Å²) in [6, 6.07) is 4.62.